The van der Waals surface area contributed by atoms with Gasteiger partial charge in [-0.15, -0.1) is 0 Å². The molecule has 0 rings (SSSR count). The minimum absolute atomic E-state index is 0.0178. The van der Waals surface area contributed by atoms with E-state index in [4.69, 9.17) is 5.21 Å². The first kappa shape index (κ1) is 12.5. The lowest BCUT2D eigenvalue weighted by Crippen LogP contribution is -2.30. The predicted octanol–water partition coefficient (Wildman–Crippen LogP) is 3.69. The summed E-state index contributed by atoms with van der Waals surface area (Å²) >= 11 is 0. The van der Waals surface area contributed by atoms with Crippen molar-refractivity contribution in [3.63, 3.8) is 0 Å². The summed E-state index contributed by atoms with van der Waals surface area (Å²) < 4.78 is 0. The summed E-state index contributed by atoms with van der Waals surface area (Å²) in [6, 6.07) is 0. The first-order chi connectivity index (χ1) is 5.96. The monoisotopic (exact) mass is 185 g/mol. The van der Waals surface area contributed by atoms with Crippen molar-refractivity contribution >= 4 is 5.71 Å². The highest BCUT2D eigenvalue weighted by molar-refractivity contribution is 5.89. The van der Waals surface area contributed by atoms with Gasteiger partial charge < -0.3 is 5.21 Å². The van der Waals surface area contributed by atoms with E-state index in [1.54, 1.807) is 0 Å². The van der Waals surface area contributed by atoms with Crippen molar-refractivity contribution in [2.24, 2.45) is 16.5 Å². The molecule has 0 aliphatic heterocycles. The smallest absolute Gasteiger partial charge is 0.0629 e. The Kier molecular flexibility index (Phi) is 5.04. The van der Waals surface area contributed by atoms with Gasteiger partial charge in [0.15, 0.2) is 0 Å². The minimum Gasteiger partial charge on any atom is -0.411 e. The SMILES string of the molecule is CCCC/C(=N\O)C(C)(C)C(C)C. The van der Waals surface area contributed by atoms with Crippen molar-refractivity contribution in [1.82, 2.24) is 0 Å². The molecule has 0 fully saturated rings. The first-order valence-electron chi connectivity index (χ1n) is 5.18. The standard InChI is InChI=1S/C11H23NO/c1-6-7-8-10(12-13)11(4,5)9(2)3/h9,13H,6-8H2,1-5H3/b12-10+. The second kappa shape index (κ2) is 5.25. The van der Waals surface area contributed by atoms with Gasteiger partial charge in [-0.1, -0.05) is 46.2 Å². The van der Waals surface area contributed by atoms with Crippen molar-refractivity contribution < 1.29 is 5.21 Å². The van der Waals surface area contributed by atoms with Gasteiger partial charge in [0.1, 0.15) is 0 Å². The summed E-state index contributed by atoms with van der Waals surface area (Å²) in [5.74, 6) is 0.509. The average molecular weight is 185 g/mol. The lowest BCUT2D eigenvalue weighted by atomic mass is 9.75. The van der Waals surface area contributed by atoms with Gasteiger partial charge in [-0.3, -0.25) is 0 Å². The number of rotatable bonds is 5. The normalized spacial score (nSPS) is 13.8. The zero-order valence-electron chi connectivity index (χ0n) is 9.59. The van der Waals surface area contributed by atoms with Crippen LogP contribution in [0.15, 0.2) is 5.16 Å². The van der Waals surface area contributed by atoms with E-state index in [2.05, 4.69) is 39.8 Å². The Balaban J connectivity index is 4.40. The molecule has 0 saturated carbocycles. The van der Waals surface area contributed by atoms with Crippen molar-refractivity contribution in [2.45, 2.75) is 53.9 Å². The molecule has 0 aromatic rings. The van der Waals surface area contributed by atoms with E-state index >= 15 is 0 Å². The maximum Gasteiger partial charge on any atom is 0.0629 e. The van der Waals surface area contributed by atoms with Gasteiger partial charge in [0, 0.05) is 5.41 Å². The highest BCUT2D eigenvalue weighted by atomic mass is 16.4. The third-order valence-electron chi connectivity index (χ3n) is 3.07. The van der Waals surface area contributed by atoms with Gasteiger partial charge in [-0.2, -0.15) is 0 Å². The maximum absolute atomic E-state index is 8.93. The number of hydrogen-bond donors (Lipinski definition) is 1. The fourth-order valence-electron chi connectivity index (χ4n) is 1.18. The molecule has 13 heavy (non-hydrogen) atoms. The summed E-state index contributed by atoms with van der Waals surface area (Å²) in [6.07, 6.45) is 3.17. The highest BCUT2D eigenvalue weighted by Crippen LogP contribution is 2.30. The molecule has 1 N–H and O–H groups in total. The number of oxime groups is 1. The molecular formula is C11H23NO. The van der Waals surface area contributed by atoms with E-state index in [1.165, 1.54) is 0 Å². The van der Waals surface area contributed by atoms with Crippen molar-refractivity contribution in [3.8, 4) is 0 Å². The molecule has 0 aliphatic carbocycles. The molecule has 0 amide bonds. The number of hydrogen-bond acceptors (Lipinski definition) is 2. The molecular weight excluding hydrogens is 162 g/mol. The molecule has 78 valence electrons. The van der Waals surface area contributed by atoms with Crippen LogP contribution in [0, 0.1) is 11.3 Å². The minimum atomic E-state index is 0.0178. The Morgan fingerprint density at radius 3 is 2.23 bits per heavy atom. The highest BCUT2D eigenvalue weighted by Gasteiger charge is 2.28. The quantitative estimate of drug-likeness (QED) is 0.395. The molecule has 0 spiro atoms. The van der Waals surface area contributed by atoms with E-state index in [9.17, 15) is 0 Å². The molecule has 0 atom stereocenters. The molecule has 2 heteroatoms. The van der Waals surface area contributed by atoms with Crippen LogP contribution in [0.2, 0.25) is 0 Å². The van der Waals surface area contributed by atoms with E-state index in [0.717, 1.165) is 25.0 Å². The van der Waals surface area contributed by atoms with Crippen LogP contribution in [-0.4, -0.2) is 10.9 Å². The van der Waals surface area contributed by atoms with Gasteiger partial charge in [-0.05, 0) is 18.8 Å². The van der Waals surface area contributed by atoms with E-state index in [0.29, 0.717) is 5.92 Å². The second-order valence-corrected chi connectivity index (χ2v) is 4.53. The summed E-state index contributed by atoms with van der Waals surface area (Å²) in [5.41, 5.74) is 0.952. The molecule has 0 saturated heterocycles. The predicted molar refractivity (Wildman–Crippen MR) is 57.4 cm³/mol. The van der Waals surface area contributed by atoms with Gasteiger partial charge in [0.25, 0.3) is 0 Å². The Morgan fingerprint density at radius 1 is 1.38 bits per heavy atom. The Labute approximate surface area is 82.0 Å². The zero-order chi connectivity index (χ0) is 10.5. The Bertz CT molecular complexity index is 171. The number of unbranched alkanes of at least 4 members (excludes halogenated alkanes) is 1. The molecule has 0 aromatic carbocycles. The lowest BCUT2D eigenvalue weighted by molar-refractivity contribution is 0.288. The third kappa shape index (κ3) is 3.37. The fraction of sp³-hybridized carbons (Fsp3) is 0.909. The van der Waals surface area contributed by atoms with Crippen LogP contribution in [0.3, 0.4) is 0 Å². The summed E-state index contributed by atoms with van der Waals surface area (Å²) in [4.78, 5) is 0. The van der Waals surface area contributed by atoms with Gasteiger partial charge in [-0.25, -0.2) is 0 Å². The topological polar surface area (TPSA) is 32.6 Å². The van der Waals surface area contributed by atoms with Crippen molar-refractivity contribution in [2.75, 3.05) is 0 Å². The van der Waals surface area contributed by atoms with E-state index < -0.39 is 0 Å². The zero-order valence-corrected chi connectivity index (χ0v) is 9.59. The van der Waals surface area contributed by atoms with Gasteiger partial charge in [0.2, 0.25) is 0 Å². The first-order valence-corrected chi connectivity index (χ1v) is 5.18. The second-order valence-electron chi connectivity index (χ2n) is 4.53. The fourth-order valence-corrected chi connectivity index (χ4v) is 1.18. The molecule has 0 bridgehead atoms. The summed E-state index contributed by atoms with van der Waals surface area (Å²) in [5, 5.41) is 12.4. The molecule has 0 unspecified atom stereocenters. The van der Waals surface area contributed by atoms with Crippen LogP contribution < -0.4 is 0 Å². The molecule has 0 radical (unpaired) electrons. The van der Waals surface area contributed by atoms with Crippen molar-refractivity contribution in [1.29, 1.82) is 0 Å². The summed E-state index contributed by atoms with van der Waals surface area (Å²) in [7, 11) is 0. The van der Waals surface area contributed by atoms with E-state index in [1.807, 2.05) is 0 Å². The average Bonchev–Trinajstić information content (AvgIpc) is 2.05. The van der Waals surface area contributed by atoms with Crippen LogP contribution in [0.5, 0.6) is 0 Å². The Hall–Kier alpha value is -0.530. The maximum atomic E-state index is 8.93. The van der Waals surface area contributed by atoms with Crippen molar-refractivity contribution in [3.05, 3.63) is 0 Å². The van der Waals surface area contributed by atoms with Crippen LogP contribution in [0.4, 0.5) is 0 Å². The summed E-state index contributed by atoms with van der Waals surface area (Å²) in [6.45, 7) is 10.8. The number of nitrogens with zero attached hydrogens (tertiary/aromatic N) is 1. The van der Waals surface area contributed by atoms with Crippen LogP contribution in [0.25, 0.3) is 0 Å². The van der Waals surface area contributed by atoms with E-state index in [-0.39, 0.29) is 5.41 Å². The Morgan fingerprint density at radius 2 is 1.92 bits per heavy atom. The molecule has 0 aliphatic rings. The van der Waals surface area contributed by atoms with Crippen LogP contribution >= 0.6 is 0 Å². The van der Waals surface area contributed by atoms with Gasteiger partial charge in [0.05, 0.1) is 5.71 Å². The van der Waals surface area contributed by atoms with Crippen LogP contribution in [-0.2, 0) is 0 Å². The lowest BCUT2D eigenvalue weighted by Gasteiger charge is -2.30. The molecule has 0 aromatic heterocycles. The molecule has 2 nitrogen and oxygen atoms in total. The van der Waals surface area contributed by atoms with Gasteiger partial charge >= 0.3 is 0 Å². The third-order valence-corrected chi connectivity index (χ3v) is 3.07. The van der Waals surface area contributed by atoms with Crippen LogP contribution in [0.1, 0.15) is 53.9 Å². The molecule has 0 heterocycles. The largest absolute Gasteiger partial charge is 0.411 e.